The molecule has 0 saturated heterocycles. The number of esters is 1. The molecule has 0 aliphatic heterocycles. The third-order valence-corrected chi connectivity index (χ3v) is 3.77. The van der Waals surface area contributed by atoms with Gasteiger partial charge >= 0.3 is 5.97 Å². The van der Waals surface area contributed by atoms with E-state index in [1.165, 1.54) is 12.1 Å². The van der Waals surface area contributed by atoms with Crippen molar-refractivity contribution in [2.45, 2.75) is 38.0 Å². The molecule has 0 N–H and O–H groups in total. The predicted octanol–water partition coefficient (Wildman–Crippen LogP) is 3.76. The van der Waals surface area contributed by atoms with Crippen LogP contribution >= 0.6 is 0 Å². The Hall–Kier alpha value is -1.64. The molecule has 1 aliphatic carbocycles. The molecule has 0 atom stereocenters. The van der Waals surface area contributed by atoms with Crippen LogP contribution in [0.3, 0.4) is 0 Å². The molecule has 2 nitrogen and oxygen atoms in total. The number of ether oxygens (including phenoxy) is 1. The van der Waals surface area contributed by atoms with Crippen molar-refractivity contribution >= 4 is 5.97 Å². The second-order valence-electron chi connectivity index (χ2n) is 4.97. The Labute approximate surface area is 113 Å². The molecule has 19 heavy (non-hydrogen) atoms. The number of carbonyl (C=O) groups is 1. The monoisotopic (exact) mass is 262 g/mol. The normalized spacial score (nSPS) is 17.8. The lowest BCUT2D eigenvalue weighted by Gasteiger charge is -2.27. The molecule has 1 aromatic carbocycles. The van der Waals surface area contributed by atoms with Gasteiger partial charge in [0, 0.05) is 0 Å². The third kappa shape index (κ3) is 2.86. The van der Waals surface area contributed by atoms with Crippen molar-refractivity contribution in [3.63, 3.8) is 0 Å². The zero-order valence-electron chi connectivity index (χ0n) is 11.2. The van der Waals surface area contributed by atoms with E-state index in [2.05, 4.69) is 0 Å². The van der Waals surface area contributed by atoms with Crippen molar-refractivity contribution in [2.75, 3.05) is 6.61 Å². The van der Waals surface area contributed by atoms with Gasteiger partial charge in [0.05, 0.1) is 5.41 Å². The Kier molecular flexibility index (Phi) is 4.35. The topological polar surface area (TPSA) is 26.3 Å². The summed E-state index contributed by atoms with van der Waals surface area (Å²) in [7, 11) is 0. The van der Waals surface area contributed by atoms with Crippen molar-refractivity contribution in [2.24, 2.45) is 0 Å². The van der Waals surface area contributed by atoms with Crippen molar-refractivity contribution < 1.29 is 13.9 Å². The minimum atomic E-state index is -0.649. The van der Waals surface area contributed by atoms with Crippen LogP contribution in [0, 0.1) is 5.82 Å². The molecule has 1 fully saturated rings. The van der Waals surface area contributed by atoms with Crippen molar-refractivity contribution in [3.05, 3.63) is 47.8 Å². The molecular formula is C16H19FO2. The number of allylic oxidation sites excluding steroid dienone is 1. The van der Waals surface area contributed by atoms with E-state index in [9.17, 15) is 9.18 Å². The Morgan fingerprint density at radius 2 is 2.16 bits per heavy atom. The molecule has 0 radical (unpaired) electrons. The molecule has 0 spiro atoms. The first-order valence-corrected chi connectivity index (χ1v) is 6.73. The molecule has 2 rings (SSSR count). The van der Waals surface area contributed by atoms with Crippen LogP contribution in [0.15, 0.2) is 36.4 Å². The Bertz CT molecular complexity index is 473. The van der Waals surface area contributed by atoms with Gasteiger partial charge in [-0.15, -0.1) is 0 Å². The maximum absolute atomic E-state index is 13.4. The van der Waals surface area contributed by atoms with E-state index in [1.807, 2.05) is 19.1 Å². The van der Waals surface area contributed by atoms with Crippen LogP contribution < -0.4 is 0 Å². The second-order valence-corrected chi connectivity index (χ2v) is 4.97. The molecule has 1 aliphatic rings. The molecule has 0 heterocycles. The van der Waals surface area contributed by atoms with E-state index >= 15 is 0 Å². The largest absolute Gasteiger partial charge is 0.461 e. The fourth-order valence-corrected chi connectivity index (χ4v) is 2.73. The lowest BCUT2D eigenvalue weighted by molar-refractivity contribution is -0.149. The number of hydrogen-bond acceptors (Lipinski definition) is 2. The maximum atomic E-state index is 13.4. The highest BCUT2D eigenvalue weighted by Gasteiger charge is 2.44. The molecule has 1 saturated carbocycles. The molecule has 3 heteroatoms. The maximum Gasteiger partial charge on any atom is 0.316 e. The van der Waals surface area contributed by atoms with Crippen LogP contribution in [-0.2, 0) is 14.9 Å². The Morgan fingerprint density at radius 3 is 2.79 bits per heavy atom. The summed E-state index contributed by atoms with van der Waals surface area (Å²) in [5.41, 5.74) is 0.0967. The first kappa shape index (κ1) is 13.8. The van der Waals surface area contributed by atoms with E-state index in [-0.39, 0.29) is 18.4 Å². The van der Waals surface area contributed by atoms with Gasteiger partial charge in [-0.3, -0.25) is 4.79 Å². The average Bonchev–Trinajstić information content (AvgIpc) is 2.89. The second kappa shape index (κ2) is 6.00. The van der Waals surface area contributed by atoms with E-state index < -0.39 is 5.41 Å². The molecule has 0 aromatic heterocycles. The van der Waals surface area contributed by atoms with E-state index in [4.69, 9.17) is 4.74 Å². The van der Waals surface area contributed by atoms with Gasteiger partial charge in [-0.1, -0.05) is 37.1 Å². The van der Waals surface area contributed by atoms with Crippen LogP contribution in [0.5, 0.6) is 0 Å². The smallest absolute Gasteiger partial charge is 0.316 e. The number of rotatable bonds is 4. The minimum Gasteiger partial charge on any atom is -0.461 e. The first-order valence-electron chi connectivity index (χ1n) is 6.73. The van der Waals surface area contributed by atoms with E-state index in [0.717, 1.165) is 31.2 Å². The van der Waals surface area contributed by atoms with Crippen molar-refractivity contribution in [1.29, 1.82) is 0 Å². The standard InChI is InChI=1S/C16H19FO2/c1-2-3-11-19-15(18)16(9-4-5-10-16)13-7-6-8-14(17)12-13/h2-3,6-8,12H,4-5,9-11H2,1H3/b3-2+. The first-order chi connectivity index (χ1) is 9.19. The summed E-state index contributed by atoms with van der Waals surface area (Å²) in [6, 6.07) is 6.34. The molecule has 102 valence electrons. The molecular weight excluding hydrogens is 243 g/mol. The Morgan fingerprint density at radius 1 is 1.42 bits per heavy atom. The molecule has 1 aromatic rings. The summed E-state index contributed by atoms with van der Waals surface area (Å²) < 4.78 is 18.7. The van der Waals surface area contributed by atoms with Gasteiger partial charge in [0.2, 0.25) is 0 Å². The highest BCUT2D eigenvalue weighted by atomic mass is 19.1. The lowest BCUT2D eigenvalue weighted by atomic mass is 9.79. The third-order valence-electron chi connectivity index (χ3n) is 3.77. The summed E-state index contributed by atoms with van der Waals surface area (Å²) in [4.78, 5) is 12.4. The van der Waals surface area contributed by atoms with Gasteiger partial charge in [0.25, 0.3) is 0 Å². The van der Waals surface area contributed by atoms with Gasteiger partial charge in [-0.25, -0.2) is 4.39 Å². The summed E-state index contributed by atoms with van der Waals surface area (Å²) >= 11 is 0. The zero-order valence-corrected chi connectivity index (χ0v) is 11.2. The lowest BCUT2D eigenvalue weighted by Crippen LogP contribution is -2.34. The molecule has 0 amide bonds. The van der Waals surface area contributed by atoms with Crippen LogP contribution in [0.1, 0.15) is 38.2 Å². The fourth-order valence-electron chi connectivity index (χ4n) is 2.73. The molecule has 0 bridgehead atoms. The van der Waals surface area contributed by atoms with Gasteiger partial charge in [-0.2, -0.15) is 0 Å². The predicted molar refractivity (Wildman–Crippen MR) is 72.3 cm³/mol. The highest BCUT2D eigenvalue weighted by Crippen LogP contribution is 2.42. The summed E-state index contributed by atoms with van der Waals surface area (Å²) in [6.45, 7) is 2.16. The quantitative estimate of drug-likeness (QED) is 0.610. The summed E-state index contributed by atoms with van der Waals surface area (Å²) in [5, 5.41) is 0. The van der Waals surface area contributed by atoms with Crippen LogP contribution in [-0.4, -0.2) is 12.6 Å². The van der Waals surface area contributed by atoms with Gasteiger partial charge in [0.1, 0.15) is 12.4 Å². The Balaban J connectivity index is 2.25. The summed E-state index contributed by atoms with van der Waals surface area (Å²) in [5.74, 6) is -0.529. The van der Waals surface area contributed by atoms with E-state index in [1.54, 1.807) is 12.1 Å². The number of carbonyl (C=O) groups excluding carboxylic acids is 1. The van der Waals surface area contributed by atoms with Crippen LogP contribution in [0.25, 0.3) is 0 Å². The van der Waals surface area contributed by atoms with Gasteiger partial charge in [0.15, 0.2) is 0 Å². The number of halogens is 1. The van der Waals surface area contributed by atoms with Crippen molar-refractivity contribution in [3.8, 4) is 0 Å². The van der Waals surface area contributed by atoms with Crippen LogP contribution in [0.2, 0.25) is 0 Å². The van der Waals surface area contributed by atoms with E-state index in [0.29, 0.717) is 0 Å². The SMILES string of the molecule is C/C=C/COC(=O)C1(c2cccc(F)c2)CCCC1. The van der Waals surface area contributed by atoms with Crippen LogP contribution in [0.4, 0.5) is 4.39 Å². The molecule has 0 unspecified atom stereocenters. The minimum absolute atomic E-state index is 0.228. The van der Waals surface area contributed by atoms with Gasteiger partial charge < -0.3 is 4.74 Å². The number of benzene rings is 1. The van der Waals surface area contributed by atoms with Crippen molar-refractivity contribution in [1.82, 2.24) is 0 Å². The fraction of sp³-hybridized carbons (Fsp3) is 0.438. The summed E-state index contributed by atoms with van der Waals surface area (Å²) in [6.07, 6.45) is 7.09. The highest BCUT2D eigenvalue weighted by molar-refractivity contribution is 5.83. The zero-order chi connectivity index (χ0) is 13.7. The average molecular weight is 262 g/mol. The number of hydrogen-bond donors (Lipinski definition) is 0. The van der Waals surface area contributed by atoms with Gasteiger partial charge in [-0.05, 0) is 37.5 Å².